The second kappa shape index (κ2) is 7.01. The Hall–Kier alpha value is -1.42. The Bertz CT molecular complexity index is 341. The molecule has 4 nitrogen and oxygen atoms in total. The van der Waals surface area contributed by atoms with Crippen molar-refractivity contribution in [3.63, 3.8) is 0 Å². The molecule has 0 aromatic carbocycles. The molecule has 1 rings (SSSR count). The first-order valence-electron chi connectivity index (χ1n) is 5.96. The zero-order chi connectivity index (χ0) is 12.7. The lowest BCUT2D eigenvalue weighted by atomic mass is 10.1. The molecule has 1 aromatic rings. The van der Waals surface area contributed by atoms with Crippen molar-refractivity contribution in [3.05, 3.63) is 30.1 Å². The average molecular weight is 236 g/mol. The van der Waals surface area contributed by atoms with Crippen molar-refractivity contribution in [1.29, 1.82) is 0 Å². The number of nitrogens with one attached hydrogen (secondary N) is 1. The fraction of sp³-hybridized carbons (Fsp3) is 0.538. The zero-order valence-corrected chi connectivity index (χ0v) is 10.6. The SMILES string of the molecule is CCOC(=O)CC(C)N[C@@H](C)c1ccccn1. The van der Waals surface area contributed by atoms with E-state index in [0.29, 0.717) is 13.0 Å². The summed E-state index contributed by atoms with van der Waals surface area (Å²) in [6.07, 6.45) is 2.15. The summed E-state index contributed by atoms with van der Waals surface area (Å²) in [5.41, 5.74) is 0.975. The van der Waals surface area contributed by atoms with E-state index >= 15 is 0 Å². The number of carbonyl (C=O) groups excluding carboxylic acids is 1. The highest BCUT2D eigenvalue weighted by Gasteiger charge is 2.13. The van der Waals surface area contributed by atoms with E-state index in [-0.39, 0.29) is 18.1 Å². The molecule has 0 saturated heterocycles. The molecule has 0 aliphatic rings. The molecule has 94 valence electrons. The molecular weight excluding hydrogens is 216 g/mol. The minimum atomic E-state index is -0.166. The van der Waals surface area contributed by atoms with Gasteiger partial charge in [0.25, 0.3) is 0 Å². The number of hydrogen-bond acceptors (Lipinski definition) is 4. The van der Waals surface area contributed by atoms with Crippen LogP contribution in [0.25, 0.3) is 0 Å². The van der Waals surface area contributed by atoms with Crippen molar-refractivity contribution in [3.8, 4) is 0 Å². The van der Waals surface area contributed by atoms with Gasteiger partial charge in [-0.25, -0.2) is 0 Å². The Morgan fingerprint density at radius 2 is 2.24 bits per heavy atom. The van der Waals surface area contributed by atoms with Crippen LogP contribution in [0, 0.1) is 0 Å². The summed E-state index contributed by atoms with van der Waals surface area (Å²) in [4.78, 5) is 15.6. The minimum Gasteiger partial charge on any atom is -0.466 e. The topological polar surface area (TPSA) is 51.2 Å². The third kappa shape index (κ3) is 4.95. The lowest BCUT2D eigenvalue weighted by Crippen LogP contribution is -2.31. The fourth-order valence-corrected chi connectivity index (χ4v) is 1.67. The number of hydrogen-bond donors (Lipinski definition) is 1. The van der Waals surface area contributed by atoms with Gasteiger partial charge in [-0.2, -0.15) is 0 Å². The van der Waals surface area contributed by atoms with Gasteiger partial charge in [-0.3, -0.25) is 9.78 Å². The van der Waals surface area contributed by atoms with Crippen LogP contribution in [0.5, 0.6) is 0 Å². The van der Waals surface area contributed by atoms with Crippen molar-refractivity contribution in [1.82, 2.24) is 10.3 Å². The first-order chi connectivity index (χ1) is 8.13. The molecule has 0 spiro atoms. The molecule has 0 saturated carbocycles. The highest BCUT2D eigenvalue weighted by Crippen LogP contribution is 2.10. The van der Waals surface area contributed by atoms with Crippen LogP contribution in [0.15, 0.2) is 24.4 Å². The summed E-state index contributed by atoms with van der Waals surface area (Å²) >= 11 is 0. The Balaban J connectivity index is 2.41. The molecule has 0 fully saturated rings. The minimum absolute atomic E-state index is 0.0751. The van der Waals surface area contributed by atoms with Crippen molar-refractivity contribution in [2.45, 2.75) is 39.3 Å². The number of esters is 1. The maximum Gasteiger partial charge on any atom is 0.307 e. The van der Waals surface area contributed by atoms with Gasteiger partial charge in [-0.1, -0.05) is 6.07 Å². The second-order valence-corrected chi connectivity index (χ2v) is 4.05. The lowest BCUT2D eigenvalue weighted by molar-refractivity contribution is -0.143. The molecule has 17 heavy (non-hydrogen) atoms. The van der Waals surface area contributed by atoms with Gasteiger partial charge in [0.15, 0.2) is 0 Å². The Labute approximate surface area is 102 Å². The number of ether oxygens (including phenoxy) is 1. The monoisotopic (exact) mass is 236 g/mol. The number of pyridine rings is 1. The van der Waals surface area contributed by atoms with E-state index in [2.05, 4.69) is 10.3 Å². The van der Waals surface area contributed by atoms with Crippen molar-refractivity contribution in [2.24, 2.45) is 0 Å². The average Bonchev–Trinajstić information content (AvgIpc) is 2.30. The Morgan fingerprint density at radius 1 is 1.47 bits per heavy atom. The standard InChI is InChI=1S/C13H20N2O2/c1-4-17-13(16)9-10(2)15-11(3)12-7-5-6-8-14-12/h5-8,10-11,15H,4,9H2,1-3H3/t10?,11-/m0/s1. The van der Waals surface area contributed by atoms with E-state index in [1.807, 2.05) is 39.0 Å². The predicted octanol–water partition coefficient (Wildman–Crippen LogP) is 2.07. The van der Waals surface area contributed by atoms with E-state index in [4.69, 9.17) is 4.74 Å². The first kappa shape index (κ1) is 13.6. The van der Waals surface area contributed by atoms with Gasteiger partial charge in [0.2, 0.25) is 0 Å². The molecule has 1 aromatic heterocycles. The third-order valence-electron chi connectivity index (χ3n) is 2.44. The molecule has 0 aliphatic carbocycles. The van der Waals surface area contributed by atoms with Crippen LogP contribution < -0.4 is 5.32 Å². The van der Waals surface area contributed by atoms with Crippen molar-refractivity contribution < 1.29 is 9.53 Å². The molecule has 1 unspecified atom stereocenters. The maximum absolute atomic E-state index is 11.3. The molecule has 0 amide bonds. The molecule has 0 aliphatic heterocycles. The lowest BCUT2D eigenvalue weighted by Gasteiger charge is -2.18. The zero-order valence-electron chi connectivity index (χ0n) is 10.6. The van der Waals surface area contributed by atoms with Gasteiger partial charge in [0.1, 0.15) is 0 Å². The van der Waals surface area contributed by atoms with Crippen LogP contribution in [-0.4, -0.2) is 23.6 Å². The van der Waals surface area contributed by atoms with Gasteiger partial charge < -0.3 is 10.1 Å². The van der Waals surface area contributed by atoms with Gasteiger partial charge in [0.05, 0.1) is 18.7 Å². The summed E-state index contributed by atoms with van der Waals surface area (Å²) in [5.74, 6) is -0.166. The third-order valence-corrected chi connectivity index (χ3v) is 2.44. The predicted molar refractivity (Wildman–Crippen MR) is 66.5 cm³/mol. The Morgan fingerprint density at radius 3 is 2.82 bits per heavy atom. The largest absolute Gasteiger partial charge is 0.466 e. The van der Waals surface area contributed by atoms with Crippen LogP contribution in [0.1, 0.15) is 38.9 Å². The van der Waals surface area contributed by atoms with E-state index in [0.717, 1.165) is 5.69 Å². The molecule has 1 heterocycles. The number of aromatic nitrogens is 1. The first-order valence-corrected chi connectivity index (χ1v) is 5.96. The number of nitrogens with zero attached hydrogens (tertiary/aromatic N) is 1. The smallest absolute Gasteiger partial charge is 0.307 e. The highest BCUT2D eigenvalue weighted by molar-refractivity contribution is 5.70. The Kier molecular flexibility index (Phi) is 5.63. The molecule has 4 heteroatoms. The quantitative estimate of drug-likeness (QED) is 0.768. The van der Waals surface area contributed by atoms with Gasteiger partial charge in [-0.15, -0.1) is 0 Å². The van der Waals surface area contributed by atoms with Crippen LogP contribution in [0.4, 0.5) is 0 Å². The number of rotatable bonds is 6. The van der Waals surface area contributed by atoms with Crippen LogP contribution in [0.2, 0.25) is 0 Å². The molecule has 2 atom stereocenters. The van der Waals surface area contributed by atoms with Crippen LogP contribution in [-0.2, 0) is 9.53 Å². The van der Waals surface area contributed by atoms with Crippen molar-refractivity contribution >= 4 is 5.97 Å². The van der Waals surface area contributed by atoms with Gasteiger partial charge in [-0.05, 0) is 32.9 Å². The summed E-state index contributed by atoms with van der Waals surface area (Å²) in [6, 6.07) is 6.01. The van der Waals surface area contributed by atoms with E-state index < -0.39 is 0 Å². The summed E-state index contributed by atoms with van der Waals surface area (Å²) in [7, 11) is 0. The summed E-state index contributed by atoms with van der Waals surface area (Å²) in [6.45, 7) is 6.24. The fourth-order valence-electron chi connectivity index (χ4n) is 1.67. The van der Waals surface area contributed by atoms with E-state index in [1.54, 1.807) is 6.20 Å². The molecule has 1 N–H and O–H groups in total. The molecule has 0 bridgehead atoms. The maximum atomic E-state index is 11.3. The second-order valence-electron chi connectivity index (χ2n) is 4.05. The van der Waals surface area contributed by atoms with E-state index in [9.17, 15) is 4.79 Å². The van der Waals surface area contributed by atoms with Gasteiger partial charge >= 0.3 is 5.97 Å². The molecule has 0 radical (unpaired) electrons. The van der Waals surface area contributed by atoms with Gasteiger partial charge in [0, 0.05) is 18.3 Å². The normalized spacial score (nSPS) is 14.1. The summed E-state index contributed by atoms with van der Waals surface area (Å²) < 4.78 is 4.91. The van der Waals surface area contributed by atoms with Crippen molar-refractivity contribution in [2.75, 3.05) is 6.61 Å². The van der Waals surface area contributed by atoms with Crippen LogP contribution >= 0.6 is 0 Å². The highest BCUT2D eigenvalue weighted by atomic mass is 16.5. The van der Waals surface area contributed by atoms with E-state index in [1.165, 1.54) is 0 Å². The molecular formula is C13H20N2O2. The number of carbonyl (C=O) groups is 1. The summed E-state index contributed by atoms with van der Waals surface area (Å²) in [5, 5.41) is 3.32. The van der Waals surface area contributed by atoms with Crippen LogP contribution in [0.3, 0.4) is 0 Å².